The predicted octanol–water partition coefficient (Wildman–Crippen LogP) is 4.01. The smallest absolute Gasteiger partial charge is 0.338 e. The van der Waals surface area contributed by atoms with Crippen LogP contribution in [0.3, 0.4) is 0 Å². The first-order valence-electron chi connectivity index (χ1n) is 11.9. The normalized spacial score (nSPS) is 15.3. The van der Waals surface area contributed by atoms with Crippen molar-refractivity contribution >= 4 is 29.4 Å². The lowest BCUT2D eigenvalue weighted by atomic mass is 9.96. The molecule has 2 aromatic carbocycles. The maximum Gasteiger partial charge on any atom is 0.338 e. The molecule has 2 heterocycles. The Morgan fingerprint density at radius 2 is 1.81 bits per heavy atom. The maximum atomic E-state index is 13.7. The van der Waals surface area contributed by atoms with Crippen LogP contribution in [0.2, 0.25) is 0 Å². The Morgan fingerprint density at radius 1 is 1.14 bits per heavy atom. The minimum Gasteiger partial charge on any atom is -0.458 e. The fraction of sp³-hybridized carbons (Fsp3) is 0.241. The Labute approximate surface area is 218 Å². The summed E-state index contributed by atoms with van der Waals surface area (Å²) in [5, 5.41) is 0. The number of fused-ring (bicyclic) bond motifs is 1. The Bertz CT molecular complexity index is 1560. The van der Waals surface area contributed by atoms with Gasteiger partial charge in [0.25, 0.3) is 5.56 Å². The van der Waals surface area contributed by atoms with Crippen LogP contribution in [0, 0.1) is 0 Å². The van der Waals surface area contributed by atoms with Gasteiger partial charge in [0.1, 0.15) is 12.4 Å². The quantitative estimate of drug-likeness (QED) is 0.269. The number of nitrogens with zero attached hydrogens (tertiary/aromatic N) is 2. The van der Waals surface area contributed by atoms with E-state index in [1.54, 1.807) is 31.2 Å². The lowest BCUT2D eigenvalue weighted by Crippen LogP contribution is -2.39. The molecule has 3 aromatic rings. The largest absolute Gasteiger partial charge is 0.458 e. The highest BCUT2D eigenvalue weighted by atomic mass is 32.1. The molecule has 37 heavy (non-hydrogen) atoms. The highest BCUT2D eigenvalue weighted by molar-refractivity contribution is 7.07. The molecule has 1 aromatic heterocycles. The summed E-state index contributed by atoms with van der Waals surface area (Å²) in [5.74, 6) is -0.237. The number of benzene rings is 2. The van der Waals surface area contributed by atoms with Crippen molar-refractivity contribution in [2.75, 3.05) is 6.61 Å². The molecule has 0 saturated carbocycles. The van der Waals surface area contributed by atoms with E-state index in [4.69, 9.17) is 9.47 Å². The molecular weight excluding hydrogens is 488 g/mol. The minimum absolute atomic E-state index is 0.0323. The Kier molecular flexibility index (Phi) is 7.69. The highest BCUT2D eigenvalue weighted by Crippen LogP contribution is 2.31. The van der Waals surface area contributed by atoms with Crippen molar-refractivity contribution in [1.29, 1.82) is 0 Å². The van der Waals surface area contributed by atoms with Crippen LogP contribution < -0.4 is 19.6 Å². The first-order valence-corrected chi connectivity index (χ1v) is 12.7. The number of esters is 2. The van der Waals surface area contributed by atoms with Crippen LogP contribution in [-0.2, 0) is 14.3 Å². The molecule has 7 nitrogen and oxygen atoms in total. The summed E-state index contributed by atoms with van der Waals surface area (Å²) < 4.78 is 12.5. The third-order valence-corrected chi connectivity index (χ3v) is 6.92. The third-order valence-electron chi connectivity index (χ3n) is 5.93. The first kappa shape index (κ1) is 26.0. The van der Waals surface area contributed by atoms with Crippen LogP contribution >= 0.6 is 11.3 Å². The summed E-state index contributed by atoms with van der Waals surface area (Å²) in [4.78, 5) is 43.2. The van der Waals surface area contributed by atoms with Gasteiger partial charge >= 0.3 is 11.9 Å². The molecule has 0 N–H and O–H groups in total. The van der Waals surface area contributed by atoms with Crippen molar-refractivity contribution in [2.24, 2.45) is 4.99 Å². The van der Waals surface area contributed by atoms with Crippen LogP contribution in [0.4, 0.5) is 0 Å². The molecule has 1 atom stereocenters. The molecule has 0 radical (unpaired) electrons. The monoisotopic (exact) mass is 516 g/mol. The summed E-state index contributed by atoms with van der Waals surface area (Å²) in [6.07, 6.45) is 3.32. The van der Waals surface area contributed by atoms with E-state index in [-0.39, 0.29) is 17.7 Å². The Hall–Kier alpha value is -4.04. The zero-order valence-corrected chi connectivity index (χ0v) is 22.0. The van der Waals surface area contributed by atoms with E-state index in [9.17, 15) is 14.4 Å². The van der Waals surface area contributed by atoms with E-state index in [0.29, 0.717) is 32.3 Å². The SMILES string of the molecule is C=CCOC(=O)C1=C(C)N=c2s/c(=C/c3ccc(C(C)C)cc3)c(=O)n2[C@H]1c1ccc(OC(C)=O)cc1. The van der Waals surface area contributed by atoms with Gasteiger partial charge in [-0.3, -0.25) is 14.2 Å². The van der Waals surface area contributed by atoms with Gasteiger partial charge in [0.15, 0.2) is 4.80 Å². The molecule has 0 fully saturated rings. The topological polar surface area (TPSA) is 87.0 Å². The summed E-state index contributed by atoms with van der Waals surface area (Å²) in [7, 11) is 0. The summed E-state index contributed by atoms with van der Waals surface area (Å²) in [6.45, 7) is 10.9. The fourth-order valence-corrected chi connectivity index (χ4v) is 5.17. The van der Waals surface area contributed by atoms with Gasteiger partial charge in [-0.2, -0.15) is 0 Å². The number of rotatable bonds is 7. The molecule has 0 bridgehead atoms. The lowest BCUT2D eigenvalue weighted by molar-refractivity contribution is -0.138. The summed E-state index contributed by atoms with van der Waals surface area (Å²) >= 11 is 1.27. The van der Waals surface area contributed by atoms with Crippen LogP contribution in [0.5, 0.6) is 5.75 Å². The molecular formula is C29H28N2O5S. The van der Waals surface area contributed by atoms with Gasteiger partial charge < -0.3 is 9.47 Å². The van der Waals surface area contributed by atoms with E-state index in [1.807, 2.05) is 18.2 Å². The van der Waals surface area contributed by atoms with Crippen molar-refractivity contribution in [3.05, 3.63) is 109 Å². The van der Waals surface area contributed by atoms with Gasteiger partial charge in [-0.15, -0.1) is 0 Å². The second-order valence-corrected chi connectivity index (χ2v) is 9.96. The van der Waals surface area contributed by atoms with Crippen molar-refractivity contribution in [3.63, 3.8) is 0 Å². The molecule has 1 aliphatic heterocycles. The second kappa shape index (κ2) is 10.9. The summed E-state index contributed by atoms with van der Waals surface area (Å²) in [5.41, 5.74) is 3.25. The maximum absolute atomic E-state index is 13.7. The fourth-order valence-electron chi connectivity index (χ4n) is 4.12. The number of thiazole rings is 1. The highest BCUT2D eigenvalue weighted by Gasteiger charge is 2.33. The molecule has 1 aliphatic rings. The second-order valence-electron chi connectivity index (χ2n) is 8.95. The number of allylic oxidation sites excluding steroid dienone is 1. The van der Waals surface area contributed by atoms with Crippen molar-refractivity contribution in [3.8, 4) is 5.75 Å². The van der Waals surface area contributed by atoms with E-state index >= 15 is 0 Å². The van der Waals surface area contributed by atoms with Gasteiger partial charge in [-0.1, -0.05) is 74.2 Å². The van der Waals surface area contributed by atoms with E-state index < -0.39 is 18.0 Å². The number of aromatic nitrogens is 1. The number of carbonyl (C=O) groups excluding carboxylic acids is 2. The van der Waals surface area contributed by atoms with Crippen LogP contribution in [0.25, 0.3) is 6.08 Å². The molecule has 0 saturated heterocycles. The Balaban J connectivity index is 1.86. The predicted molar refractivity (Wildman–Crippen MR) is 143 cm³/mol. The number of ether oxygens (including phenoxy) is 2. The van der Waals surface area contributed by atoms with Gasteiger partial charge in [0.2, 0.25) is 0 Å². The average Bonchev–Trinajstić information content (AvgIpc) is 3.16. The molecule has 0 spiro atoms. The molecule has 8 heteroatoms. The van der Waals surface area contributed by atoms with Gasteiger partial charge in [0, 0.05) is 6.92 Å². The minimum atomic E-state index is -0.759. The standard InChI is InChI=1S/C29H28N2O5S/c1-6-15-35-28(34)25-18(4)30-29-31(26(25)22-11-13-23(14-12-22)36-19(5)32)27(33)24(37-29)16-20-7-9-21(10-8-20)17(2)3/h6-14,16-17,26H,1,15H2,2-5H3/b24-16+/t26-/m0/s1. The zero-order chi connectivity index (χ0) is 26.7. The number of carbonyl (C=O) groups is 2. The van der Waals surface area contributed by atoms with Gasteiger partial charge in [0.05, 0.1) is 21.8 Å². The van der Waals surface area contributed by atoms with E-state index in [2.05, 4.69) is 37.6 Å². The number of hydrogen-bond acceptors (Lipinski definition) is 7. The zero-order valence-electron chi connectivity index (χ0n) is 21.2. The lowest BCUT2D eigenvalue weighted by Gasteiger charge is -2.24. The molecule has 190 valence electrons. The van der Waals surface area contributed by atoms with Crippen LogP contribution in [0.1, 0.15) is 56.3 Å². The first-order chi connectivity index (χ1) is 17.7. The molecule has 4 rings (SSSR count). The average molecular weight is 517 g/mol. The van der Waals surface area contributed by atoms with Crippen molar-refractivity contribution in [1.82, 2.24) is 4.57 Å². The van der Waals surface area contributed by atoms with E-state index in [0.717, 1.165) is 5.56 Å². The number of hydrogen-bond donors (Lipinski definition) is 0. The third kappa shape index (κ3) is 5.54. The molecule has 0 amide bonds. The van der Waals surface area contributed by atoms with Gasteiger partial charge in [-0.25, -0.2) is 9.79 Å². The van der Waals surface area contributed by atoms with Crippen LogP contribution in [-0.4, -0.2) is 23.1 Å². The Morgan fingerprint density at radius 3 is 2.41 bits per heavy atom. The van der Waals surface area contributed by atoms with Gasteiger partial charge in [-0.05, 0) is 47.7 Å². The van der Waals surface area contributed by atoms with Crippen molar-refractivity contribution < 1.29 is 19.1 Å². The summed E-state index contributed by atoms with van der Waals surface area (Å²) in [6, 6.07) is 14.0. The van der Waals surface area contributed by atoms with Crippen molar-refractivity contribution in [2.45, 2.75) is 39.7 Å². The van der Waals surface area contributed by atoms with E-state index in [1.165, 1.54) is 34.5 Å². The molecule has 0 unspecified atom stereocenters. The van der Waals surface area contributed by atoms with Crippen LogP contribution in [0.15, 0.2) is 82.2 Å². The molecule has 0 aliphatic carbocycles.